The van der Waals surface area contributed by atoms with Crippen LogP contribution in [0.2, 0.25) is 0 Å². The number of dihydropyridines is 1. The van der Waals surface area contributed by atoms with Crippen LogP contribution in [0.5, 0.6) is 5.75 Å². The van der Waals surface area contributed by atoms with Crippen molar-refractivity contribution in [2.24, 2.45) is 0 Å². The average Bonchev–Trinajstić information content (AvgIpc) is 3.26. The molecular formula is C29H27N3O2. The van der Waals surface area contributed by atoms with E-state index >= 15 is 0 Å². The first-order chi connectivity index (χ1) is 16.7. The SMILES string of the molecule is C=C1NC=CC=C1c1[nH]c2ccc(C(=O)NCCOc3ccccc3)cc2c1C1=CCCC=C1. The number of fused-ring (bicyclic) bond motifs is 1. The molecule has 0 radical (unpaired) electrons. The van der Waals surface area contributed by atoms with Crippen molar-refractivity contribution >= 4 is 28.0 Å². The number of nitrogens with one attached hydrogen (secondary N) is 3. The van der Waals surface area contributed by atoms with E-state index in [-0.39, 0.29) is 5.91 Å². The minimum atomic E-state index is -0.119. The molecule has 2 aliphatic rings. The van der Waals surface area contributed by atoms with Crippen LogP contribution >= 0.6 is 0 Å². The molecule has 3 N–H and O–H groups in total. The van der Waals surface area contributed by atoms with Crippen molar-refractivity contribution in [3.63, 3.8) is 0 Å². The third-order valence-electron chi connectivity index (χ3n) is 5.96. The molecule has 0 atom stereocenters. The summed E-state index contributed by atoms with van der Waals surface area (Å²) in [5.74, 6) is 0.672. The molecule has 5 rings (SSSR count). The maximum absolute atomic E-state index is 12.9. The van der Waals surface area contributed by atoms with Crippen LogP contribution in [-0.2, 0) is 0 Å². The highest BCUT2D eigenvalue weighted by Gasteiger charge is 2.21. The highest BCUT2D eigenvalue weighted by atomic mass is 16.5. The molecule has 1 aromatic heterocycles. The molecule has 1 aliphatic carbocycles. The number of amides is 1. The van der Waals surface area contributed by atoms with Crippen molar-refractivity contribution in [3.8, 4) is 5.75 Å². The smallest absolute Gasteiger partial charge is 0.251 e. The standard InChI is InChI=1S/C29H27N3O2/c1-20-24(13-8-16-30-20)28-27(21-9-4-2-5-10-21)25-19-22(14-15-26(25)32-28)29(33)31-17-18-34-23-11-6-3-7-12-23/h3-4,6-16,19,30,32H,1-2,5,17-18H2,(H,31,33). The molecule has 170 valence electrons. The zero-order valence-electron chi connectivity index (χ0n) is 18.9. The summed E-state index contributed by atoms with van der Waals surface area (Å²) in [6.45, 7) is 5.01. The van der Waals surface area contributed by atoms with E-state index in [4.69, 9.17) is 4.74 Å². The lowest BCUT2D eigenvalue weighted by molar-refractivity contribution is 0.0947. The fourth-order valence-electron chi connectivity index (χ4n) is 4.29. The normalized spacial score (nSPS) is 15.0. The number of para-hydroxylation sites is 1. The molecule has 1 aliphatic heterocycles. The number of carbonyl (C=O) groups is 1. The third-order valence-corrected chi connectivity index (χ3v) is 5.96. The largest absolute Gasteiger partial charge is 0.492 e. The van der Waals surface area contributed by atoms with Gasteiger partial charge in [-0.3, -0.25) is 4.79 Å². The highest BCUT2D eigenvalue weighted by Crippen LogP contribution is 2.37. The molecule has 0 bridgehead atoms. The van der Waals surface area contributed by atoms with Crippen LogP contribution in [0.4, 0.5) is 0 Å². The molecule has 2 heterocycles. The van der Waals surface area contributed by atoms with E-state index in [1.165, 1.54) is 0 Å². The first kappa shape index (κ1) is 21.6. The van der Waals surface area contributed by atoms with Crippen LogP contribution in [0.25, 0.3) is 22.0 Å². The third kappa shape index (κ3) is 4.46. The summed E-state index contributed by atoms with van der Waals surface area (Å²) in [5.41, 5.74) is 6.71. The van der Waals surface area contributed by atoms with Crippen LogP contribution in [0.15, 0.2) is 97.4 Å². The molecule has 2 aromatic carbocycles. The first-order valence-electron chi connectivity index (χ1n) is 11.5. The number of rotatable bonds is 7. The van der Waals surface area contributed by atoms with Crippen LogP contribution in [0.1, 0.15) is 34.5 Å². The molecule has 0 unspecified atom stereocenters. The van der Waals surface area contributed by atoms with Crippen molar-refractivity contribution in [2.75, 3.05) is 13.2 Å². The van der Waals surface area contributed by atoms with Gasteiger partial charge >= 0.3 is 0 Å². The van der Waals surface area contributed by atoms with E-state index in [0.717, 1.165) is 57.6 Å². The predicted molar refractivity (Wildman–Crippen MR) is 138 cm³/mol. The number of allylic oxidation sites excluding steroid dienone is 7. The van der Waals surface area contributed by atoms with E-state index in [1.54, 1.807) is 0 Å². The number of H-pyrrole nitrogens is 1. The molecule has 0 spiro atoms. The van der Waals surface area contributed by atoms with Gasteiger partial charge in [0, 0.05) is 39.5 Å². The Bertz CT molecular complexity index is 1360. The number of aromatic nitrogens is 1. The zero-order chi connectivity index (χ0) is 23.3. The van der Waals surface area contributed by atoms with Crippen molar-refractivity contribution in [2.45, 2.75) is 12.8 Å². The fraction of sp³-hybridized carbons (Fsp3) is 0.138. The Balaban J connectivity index is 1.42. The quantitative estimate of drug-likeness (QED) is 0.404. The van der Waals surface area contributed by atoms with Gasteiger partial charge in [0.05, 0.1) is 12.2 Å². The number of hydrogen-bond acceptors (Lipinski definition) is 3. The summed E-state index contributed by atoms with van der Waals surface area (Å²) in [4.78, 5) is 16.5. The van der Waals surface area contributed by atoms with Crippen LogP contribution in [-0.4, -0.2) is 24.0 Å². The van der Waals surface area contributed by atoms with Gasteiger partial charge in [-0.25, -0.2) is 0 Å². The van der Waals surface area contributed by atoms with Gasteiger partial charge in [-0.2, -0.15) is 0 Å². The average molecular weight is 450 g/mol. The Morgan fingerprint density at radius 3 is 2.79 bits per heavy atom. The fourth-order valence-corrected chi connectivity index (χ4v) is 4.29. The topological polar surface area (TPSA) is 66.2 Å². The summed E-state index contributed by atoms with van der Waals surface area (Å²) in [5, 5.41) is 7.18. The van der Waals surface area contributed by atoms with Gasteiger partial charge in [0.2, 0.25) is 0 Å². The Labute approximate surface area is 199 Å². The number of ether oxygens (including phenoxy) is 1. The second kappa shape index (κ2) is 9.71. The van der Waals surface area contributed by atoms with Crippen LogP contribution in [0.3, 0.4) is 0 Å². The predicted octanol–water partition coefficient (Wildman–Crippen LogP) is 5.72. The molecule has 1 amide bonds. The minimum Gasteiger partial charge on any atom is -0.492 e. The second-order valence-electron chi connectivity index (χ2n) is 8.25. The van der Waals surface area contributed by atoms with Crippen molar-refractivity contribution in [1.82, 2.24) is 15.6 Å². The molecule has 3 aromatic rings. The molecule has 0 saturated heterocycles. The Hall–Kier alpha value is -4.25. The van der Waals surface area contributed by atoms with E-state index < -0.39 is 0 Å². The molecule has 0 saturated carbocycles. The lowest BCUT2D eigenvalue weighted by atomic mass is 9.92. The Morgan fingerprint density at radius 1 is 1.12 bits per heavy atom. The molecular weight excluding hydrogens is 422 g/mol. The Morgan fingerprint density at radius 2 is 2.00 bits per heavy atom. The maximum atomic E-state index is 12.9. The first-order valence-corrected chi connectivity index (χ1v) is 11.5. The molecule has 0 fully saturated rings. The monoisotopic (exact) mass is 449 g/mol. The van der Waals surface area contributed by atoms with Gasteiger partial charge in [0.25, 0.3) is 5.91 Å². The zero-order valence-corrected chi connectivity index (χ0v) is 18.9. The lowest BCUT2D eigenvalue weighted by Gasteiger charge is -2.16. The van der Waals surface area contributed by atoms with E-state index in [9.17, 15) is 4.79 Å². The summed E-state index contributed by atoms with van der Waals surface area (Å²) in [6.07, 6.45) is 14.6. The molecule has 5 heteroatoms. The minimum absolute atomic E-state index is 0.119. The van der Waals surface area contributed by atoms with Gasteiger partial charge < -0.3 is 20.4 Å². The van der Waals surface area contributed by atoms with E-state index in [1.807, 2.05) is 60.8 Å². The summed E-state index contributed by atoms with van der Waals surface area (Å²) >= 11 is 0. The number of carbonyl (C=O) groups excluding carboxylic acids is 1. The Kier molecular flexibility index (Phi) is 6.17. The van der Waals surface area contributed by atoms with Gasteiger partial charge in [-0.05, 0) is 60.9 Å². The van der Waals surface area contributed by atoms with Gasteiger partial charge in [0.1, 0.15) is 12.4 Å². The number of aromatic amines is 1. The summed E-state index contributed by atoms with van der Waals surface area (Å²) < 4.78 is 5.68. The highest BCUT2D eigenvalue weighted by molar-refractivity contribution is 6.05. The molecule has 34 heavy (non-hydrogen) atoms. The lowest BCUT2D eigenvalue weighted by Crippen LogP contribution is -2.28. The van der Waals surface area contributed by atoms with Crippen molar-refractivity contribution in [3.05, 3.63) is 114 Å². The van der Waals surface area contributed by atoms with Gasteiger partial charge in [0.15, 0.2) is 0 Å². The summed E-state index contributed by atoms with van der Waals surface area (Å²) in [6, 6.07) is 15.4. The second-order valence-corrected chi connectivity index (χ2v) is 8.25. The van der Waals surface area contributed by atoms with E-state index in [2.05, 4.69) is 46.5 Å². The number of benzene rings is 2. The van der Waals surface area contributed by atoms with Crippen molar-refractivity contribution in [1.29, 1.82) is 0 Å². The summed E-state index contributed by atoms with van der Waals surface area (Å²) in [7, 11) is 0. The van der Waals surface area contributed by atoms with Crippen LogP contribution in [0, 0.1) is 0 Å². The maximum Gasteiger partial charge on any atom is 0.251 e. The van der Waals surface area contributed by atoms with Crippen LogP contribution < -0.4 is 15.4 Å². The van der Waals surface area contributed by atoms with Gasteiger partial charge in [-0.1, -0.05) is 43.0 Å². The number of hydrogen-bond donors (Lipinski definition) is 3. The molecule has 5 nitrogen and oxygen atoms in total. The van der Waals surface area contributed by atoms with Crippen molar-refractivity contribution < 1.29 is 9.53 Å². The van der Waals surface area contributed by atoms with E-state index in [0.29, 0.717) is 18.7 Å². The van der Waals surface area contributed by atoms with Gasteiger partial charge in [-0.15, -0.1) is 0 Å².